The molecule has 0 aliphatic heterocycles. The van der Waals surface area contributed by atoms with Gasteiger partial charge in [0.1, 0.15) is 0 Å². The maximum absolute atomic E-state index is 3.95. The lowest BCUT2D eigenvalue weighted by Gasteiger charge is -2.11. The van der Waals surface area contributed by atoms with Crippen LogP contribution in [-0.4, -0.2) is 8.07 Å². The molecule has 0 N–H and O–H groups in total. The molecule has 0 aromatic rings. The van der Waals surface area contributed by atoms with E-state index < -0.39 is 8.07 Å². The summed E-state index contributed by atoms with van der Waals surface area (Å²) < 4.78 is 0. The molecular weight excluding hydrogens is 244 g/mol. The molecule has 0 saturated carbocycles. The van der Waals surface area contributed by atoms with Crippen molar-refractivity contribution in [2.24, 2.45) is 5.92 Å². The number of hydrogen-bond acceptors (Lipinski definition) is 0. The van der Waals surface area contributed by atoms with E-state index in [9.17, 15) is 0 Å². The van der Waals surface area contributed by atoms with Gasteiger partial charge in [-0.2, -0.15) is 0 Å². The molecule has 19 heavy (non-hydrogen) atoms. The van der Waals surface area contributed by atoms with Crippen molar-refractivity contribution < 1.29 is 0 Å². The summed E-state index contributed by atoms with van der Waals surface area (Å²) in [6, 6.07) is 1.29. The van der Waals surface area contributed by atoms with Crippen LogP contribution in [0.3, 0.4) is 0 Å². The molecule has 1 atom stereocenters. The van der Waals surface area contributed by atoms with E-state index in [1.807, 2.05) is 0 Å². The van der Waals surface area contributed by atoms with Crippen LogP contribution in [0.4, 0.5) is 0 Å². The molecule has 0 radical (unpaired) electrons. The van der Waals surface area contributed by atoms with Gasteiger partial charge in [-0.3, -0.25) is 0 Å². The lowest BCUT2D eigenvalue weighted by Crippen LogP contribution is -2.17. The van der Waals surface area contributed by atoms with Crippen molar-refractivity contribution in [2.45, 2.75) is 38.5 Å². The molecule has 0 bridgehead atoms. The van der Waals surface area contributed by atoms with Crippen LogP contribution in [0.15, 0.2) is 60.8 Å². The lowest BCUT2D eigenvalue weighted by atomic mass is 9.97. The van der Waals surface area contributed by atoms with E-state index in [0.29, 0.717) is 5.92 Å². The highest BCUT2D eigenvalue weighted by molar-refractivity contribution is 6.76. The fourth-order valence-corrected chi connectivity index (χ4v) is 2.80. The zero-order chi connectivity index (χ0) is 14.1. The molecule has 1 unspecified atom stereocenters. The van der Waals surface area contributed by atoms with E-state index in [1.165, 1.54) is 11.6 Å². The Hall–Kier alpha value is -1.21. The van der Waals surface area contributed by atoms with Gasteiger partial charge in [-0.1, -0.05) is 37.9 Å². The van der Waals surface area contributed by atoms with Crippen LogP contribution in [0.25, 0.3) is 0 Å². The molecule has 0 spiro atoms. The lowest BCUT2D eigenvalue weighted by molar-refractivity contribution is 0.720. The fraction of sp³-hybridized carbons (Fsp3) is 0.389. The Morgan fingerprint density at radius 2 is 2.05 bits per heavy atom. The summed E-state index contributed by atoms with van der Waals surface area (Å²) >= 11 is 0. The first-order valence-corrected chi connectivity index (χ1v) is 10.9. The predicted octanol–water partition coefficient (Wildman–Crippen LogP) is 5.72. The second-order valence-corrected chi connectivity index (χ2v) is 11.8. The average molecular weight is 271 g/mol. The summed E-state index contributed by atoms with van der Waals surface area (Å²) in [5, 5.41) is 0. The van der Waals surface area contributed by atoms with Gasteiger partial charge < -0.3 is 0 Å². The Kier molecular flexibility index (Phi) is 6.72. The Morgan fingerprint density at radius 3 is 2.63 bits per heavy atom. The van der Waals surface area contributed by atoms with E-state index in [2.05, 4.69) is 81.2 Å². The summed E-state index contributed by atoms with van der Waals surface area (Å²) in [4.78, 5) is 0. The van der Waals surface area contributed by atoms with Crippen LogP contribution in [0.5, 0.6) is 0 Å². The van der Waals surface area contributed by atoms with Crippen molar-refractivity contribution >= 4 is 8.07 Å². The molecule has 0 fully saturated rings. The minimum atomic E-state index is -0.918. The third-order valence-electron chi connectivity index (χ3n) is 3.07. The monoisotopic (exact) mass is 271 g/mol. The van der Waals surface area contributed by atoms with Crippen molar-refractivity contribution in [3.63, 3.8) is 0 Å². The second kappa shape index (κ2) is 8.06. The molecule has 1 aliphatic carbocycles. The first kappa shape index (κ1) is 15.8. The molecule has 102 valence electrons. The van der Waals surface area contributed by atoms with Gasteiger partial charge in [0.05, 0.1) is 5.57 Å². The van der Waals surface area contributed by atoms with Crippen molar-refractivity contribution in [1.82, 2.24) is 0 Å². The number of hydrogen-bond donors (Lipinski definition) is 0. The van der Waals surface area contributed by atoms with Crippen molar-refractivity contribution in [1.29, 1.82) is 0 Å². The quantitative estimate of drug-likeness (QED) is 0.315. The van der Waals surface area contributed by atoms with Gasteiger partial charge in [-0.25, -0.2) is 0 Å². The largest absolute Gasteiger partial charge is 0.102 e. The smallest absolute Gasteiger partial charge is 0.0923 e. The zero-order valence-corrected chi connectivity index (χ0v) is 13.6. The Balaban J connectivity index is 2.35. The predicted molar refractivity (Wildman–Crippen MR) is 90.9 cm³/mol. The van der Waals surface area contributed by atoms with Crippen molar-refractivity contribution in [3.05, 3.63) is 67.2 Å². The first-order valence-electron chi connectivity index (χ1n) is 7.19. The molecule has 1 aliphatic rings. The minimum absolute atomic E-state index is 0.471. The van der Waals surface area contributed by atoms with Crippen molar-refractivity contribution in [3.8, 4) is 0 Å². The highest BCUT2D eigenvalue weighted by Gasteiger charge is 2.10. The van der Waals surface area contributed by atoms with Crippen LogP contribution >= 0.6 is 0 Å². The summed E-state index contributed by atoms with van der Waals surface area (Å²) in [5.74, 6) is 0.471. The molecule has 0 aromatic carbocycles. The van der Waals surface area contributed by atoms with E-state index in [4.69, 9.17) is 0 Å². The second-order valence-electron chi connectivity index (χ2n) is 6.29. The average Bonchev–Trinajstić information content (AvgIpc) is 2.37. The van der Waals surface area contributed by atoms with Gasteiger partial charge in [0.2, 0.25) is 0 Å². The summed E-state index contributed by atoms with van der Waals surface area (Å²) in [6.07, 6.45) is 21.9. The van der Waals surface area contributed by atoms with Crippen molar-refractivity contribution in [2.75, 3.05) is 0 Å². The van der Waals surface area contributed by atoms with Crippen LogP contribution in [0.1, 0.15) is 12.8 Å². The van der Waals surface area contributed by atoms with Gasteiger partial charge in [-0.05, 0) is 18.9 Å². The van der Waals surface area contributed by atoms with E-state index in [1.54, 1.807) is 0 Å². The zero-order valence-electron chi connectivity index (χ0n) is 12.6. The summed E-state index contributed by atoms with van der Waals surface area (Å²) in [7, 11) is -0.918. The third-order valence-corrected chi connectivity index (χ3v) is 4.53. The van der Waals surface area contributed by atoms with E-state index in [-0.39, 0.29) is 0 Å². The molecular formula is C18H27Si+. The first-order chi connectivity index (χ1) is 9.01. The molecule has 0 aromatic heterocycles. The Labute approximate surface area is 120 Å². The van der Waals surface area contributed by atoms with Crippen LogP contribution in [0, 0.1) is 12.3 Å². The third kappa shape index (κ3) is 7.73. The summed E-state index contributed by atoms with van der Waals surface area (Å²) in [6.45, 7) is 11.2. The molecule has 0 amide bonds. The van der Waals surface area contributed by atoms with E-state index in [0.717, 1.165) is 12.8 Å². The minimum Gasteiger partial charge on any atom is -0.102 e. The molecule has 1 heteroatoms. The molecule has 0 nitrogen and oxygen atoms in total. The SMILES string of the molecule is C=CC(/C=C1/C=CC=C[CH+]1)CC/C=C/C[Si](C)(C)C. The molecule has 0 heterocycles. The fourth-order valence-electron chi connectivity index (χ4n) is 1.92. The normalized spacial score (nSPS) is 18.8. The topological polar surface area (TPSA) is 0 Å². The Morgan fingerprint density at radius 1 is 1.26 bits per heavy atom. The maximum atomic E-state index is 3.95. The number of rotatable bonds is 7. The Bertz CT molecular complexity index is 388. The van der Waals surface area contributed by atoms with Gasteiger partial charge in [0.25, 0.3) is 0 Å². The maximum Gasteiger partial charge on any atom is 0.0923 e. The van der Waals surface area contributed by atoms with Crippen LogP contribution in [0.2, 0.25) is 25.7 Å². The van der Waals surface area contributed by atoms with Gasteiger partial charge in [0, 0.05) is 50.8 Å². The highest BCUT2D eigenvalue weighted by Crippen LogP contribution is 2.17. The summed E-state index contributed by atoms with van der Waals surface area (Å²) in [5.41, 5.74) is 1.29. The molecule has 1 rings (SSSR count). The molecule has 0 saturated heterocycles. The van der Waals surface area contributed by atoms with E-state index >= 15 is 0 Å². The van der Waals surface area contributed by atoms with Crippen LogP contribution < -0.4 is 0 Å². The highest BCUT2D eigenvalue weighted by atomic mass is 28.3. The van der Waals surface area contributed by atoms with Gasteiger partial charge in [0.15, 0.2) is 0 Å². The number of allylic oxidation sites excluding steroid dienone is 9. The van der Waals surface area contributed by atoms with Gasteiger partial charge in [-0.15, -0.1) is 6.58 Å². The van der Waals surface area contributed by atoms with Gasteiger partial charge >= 0.3 is 0 Å². The standard InChI is InChI=1S/C18H27Si/c1-5-17(16-18-13-8-6-9-14-18)12-10-7-11-15-19(2,3)4/h5-9,11,13-14,16-17H,1,10,12,15H2,2-4H3/q+1/b11-7+. The van der Waals surface area contributed by atoms with Crippen LogP contribution in [-0.2, 0) is 0 Å².